The summed E-state index contributed by atoms with van der Waals surface area (Å²) < 4.78 is 5.63. The number of Topliss-reactive ketones (excluding diaryl/α,β-unsaturated/α-hetero) is 1. The monoisotopic (exact) mass is 430 g/mol. The number of urea groups is 1. The van der Waals surface area contributed by atoms with Crippen LogP contribution in [0.5, 0.6) is 5.75 Å². The third-order valence-electron chi connectivity index (χ3n) is 6.15. The van der Waals surface area contributed by atoms with E-state index in [0.29, 0.717) is 37.4 Å². The second-order valence-corrected chi connectivity index (χ2v) is 10.1. The molecule has 3 rings (SSSR count). The molecule has 2 aliphatic rings. The second-order valence-electron chi connectivity index (χ2n) is 10.1. The van der Waals surface area contributed by atoms with Gasteiger partial charge in [-0.15, -0.1) is 0 Å². The second kappa shape index (κ2) is 8.99. The SMILES string of the molecule is CC(=O)CCc1ccc(OC[C@H](O)CN2C(=O)N[C@]3(C[C@H](C)CC(C)(C)C3)C2=O)cc1. The number of benzene rings is 1. The number of rotatable bonds is 8. The molecule has 0 unspecified atom stereocenters. The molecule has 1 aromatic carbocycles. The molecule has 1 heterocycles. The van der Waals surface area contributed by atoms with Gasteiger partial charge in [0, 0.05) is 6.42 Å². The molecule has 1 aromatic rings. The summed E-state index contributed by atoms with van der Waals surface area (Å²) in [7, 11) is 0. The topological polar surface area (TPSA) is 95.9 Å². The van der Waals surface area contributed by atoms with E-state index >= 15 is 0 Å². The molecule has 2 N–H and O–H groups in total. The van der Waals surface area contributed by atoms with Gasteiger partial charge in [-0.3, -0.25) is 9.69 Å². The molecule has 7 nitrogen and oxygen atoms in total. The first-order chi connectivity index (χ1) is 14.5. The van der Waals surface area contributed by atoms with E-state index in [2.05, 4.69) is 26.1 Å². The lowest BCUT2D eigenvalue weighted by atomic mass is 9.64. The van der Waals surface area contributed by atoms with E-state index in [1.165, 1.54) is 0 Å². The Hall–Kier alpha value is -2.41. The fourth-order valence-electron chi connectivity index (χ4n) is 5.20. The van der Waals surface area contributed by atoms with E-state index in [1.54, 1.807) is 19.1 Å². The normalized spacial score (nSPS) is 26.1. The fourth-order valence-corrected chi connectivity index (χ4v) is 5.20. The summed E-state index contributed by atoms with van der Waals surface area (Å²) in [5, 5.41) is 13.3. The third kappa shape index (κ3) is 5.64. The van der Waals surface area contributed by atoms with Crippen LogP contribution in [0.1, 0.15) is 58.9 Å². The molecule has 1 saturated carbocycles. The summed E-state index contributed by atoms with van der Waals surface area (Å²) in [6.45, 7) is 7.80. The van der Waals surface area contributed by atoms with Gasteiger partial charge in [-0.05, 0) is 61.6 Å². The van der Waals surface area contributed by atoms with Crippen LogP contribution in [0.15, 0.2) is 24.3 Å². The maximum absolute atomic E-state index is 13.1. The Morgan fingerprint density at radius 3 is 2.55 bits per heavy atom. The zero-order chi connectivity index (χ0) is 22.8. The van der Waals surface area contributed by atoms with Crippen molar-refractivity contribution >= 4 is 17.7 Å². The van der Waals surface area contributed by atoms with Crippen LogP contribution >= 0.6 is 0 Å². The zero-order valence-electron chi connectivity index (χ0n) is 18.9. The van der Waals surface area contributed by atoms with Crippen LogP contribution in [0, 0.1) is 11.3 Å². The number of β-amino-alcohol motifs (C(OH)–C–C–N with tert-alkyl or cyclic N) is 1. The molecule has 2 fully saturated rings. The molecule has 1 spiro atoms. The van der Waals surface area contributed by atoms with Crippen molar-refractivity contribution in [3.8, 4) is 5.75 Å². The maximum Gasteiger partial charge on any atom is 0.325 e. The summed E-state index contributed by atoms with van der Waals surface area (Å²) in [5.74, 6) is 0.824. The van der Waals surface area contributed by atoms with E-state index in [1.807, 2.05) is 12.1 Å². The van der Waals surface area contributed by atoms with Crippen LogP contribution in [-0.2, 0) is 16.0 Å². The number of aliphatic hydroxyl groups excluding tert-OH is 1. The van der Waals surface area contributed by atoms with Gasteiger partial charge >= 0.3 is 6.03 Å². The van der Waals surface area contributed by atoms with E-state index in [-0.39, 0.29) is 30.3 Å². The van der Waals surface area contributed by atoms with Crippen molar-refractivity contribution in [2.24, 2.45) is 11.3 Å². The van der Waals surface area contributed by atoms with Crippen molar-refractivity contribution in [3.05, 3.63) is 29.8 Å². The van der Waals surface area contributed by atoms with Crippen molar-refractivity contribution in [2.75, 3.05) is 13.2 Å². The van der Waals surface area contributed by atoms with Crippen molar-refractivity contribution in [1.29, 1.82) is 0 Å². The molecule has 3 amide bonds. The number of amides is 3. The van der Waals surface area contributed by atoms with Gasteiger partial charge in [0.1, 0.15) is 29.8 Å². The molecule has 0 aromatic heterocycles. The van der Waals surface area contributed by atoms with Crippen molar-refractivity contribution in [1.82, 2.24) is 10.2 Å². The maximum atomic E-state index is 13.1. The number of ether oxygens (including phenoxy) is 1. The summed E-state index contributed by atoms with van der Waals surface area (Å²) >= 11 is 0. The van der Waals surface area contributed by atoms with E-state index in [4.69, 9.17) is 4.74 Å². The first kappa shape index (κ1) is 23.3. The average Bonchev–Trinajstić information content (AvgIpc) is 2.87. The van der Waals surface area contributed by atoms with E-state index in [9.17, 15) is 19.5 Å². The summed E-state index contributed by atoms with van der Waals surface area (Å²) in [6.07, 6.45) is 2.44. The molecular formula is C24H34N2O5. The standard InChI is InChI=1S/C24H34N2O5/c1-16-11-23(3,4)15-24(12-16)21(29)26(22(30)25-24)13-19(28)14-31-20-9-7-18(8-10-20)6-5-17(2)27/h7-10,16,19,28H,5-6,11-15H2,1-4H3,(H,25,30)/t16-,19-,24+/m1/s1. The first-order valence-corrected chi connectivity index (χ1v) is 11.0. The number of aryl methyl sites for hydroxylation is 1. The van der Waals surface area contributed by atoms with Gasteiger partial charge in [0.25, 0.3) is 5.91 Å². The number of aliphatic hydroxyl groups is 1. The highest BCUT2D eigenvalue weighted by Gasteiger charge is 2.56. The predicted molar refractivity (Wildman–Crippen MR) is 117 cm³/mol. The molecule has 0 bridgehead atoms. The molecule has 1 aliphatic carbocycles. The van der Waals surface area contributed by atoms with Gasteiger partial charge in [0.05, 0.1) is 6.54 Å². The Balaban J connectivity index is 1.54. The van der Waals surface area contributed by atoms with Gasteiger partial charge in [-0.2, -0.15) is 0 Å². The van der Waals surface area contributed by atoms with Crippen LogP contribution < -0.4 is 10.1 Å². The summed E-state index contributed by atoms with van der Waals surface area (Å²) in [4.78, 5) is 37.9. The van der Waals surface area contributed by atoms with Crippen LogP contribution in [0.4, 0.5) is 4.79 Å². The average molecular weight is 431 g/mol. The van der Waals surface area contributed by atoms with Gasteiger partial charge in [0.15, 0.2) is 0 Å². The minimum Gasteiger partial charge on any atom is -0.491 e. The zero-order valence-corrected chi connectivity index (χ0v) is 18.9. The molecule has 7 heteroatoms. The van der Waals surface area contributed by atoms with Gasteiger partial charge in [-0.1, -0.05) is 32.9 Å². The van der Waals surface area contributed by atoms with Crippen LogP contribution in [0.25, 0.3) is 0 Å². The Morgan fingerprint density at radius 2 is 1.94 bits per heavy atom. The number of hydrogen-bond acceptors (Lipinski definition) is 5. The summed E-state index contributed by atoms with van der Waals surface area (Å²) in [5.41, 5.74) is 0.140. The van der Waals surface area contributed by atoms with Gasteiger partial charge in [-0.25, -0.2) is 4.79 Å². The Labute approximate surface area is 184 Å². The Bertz CT molecular complexity index is 835. The number of ketones is 1. The van der Waals surface area contributed by atoms with Crippen molar-refractivity contribution in [3.63, 3.8) is 0 Å². The lowest BCUT2D eigenvalue weighted by molar-refractivity contribution is -0.135. The number of hydrogen-bond donors (Lipinski definition) is 2. The highest BCUT2D eigenvalue weighted by Crippen LogP contribution is 2.46. The highest BCUT2D eigenvalue weighted by molar-refractivity contribution is 6.07. The lowest BCUT2D eigenvalue weighted by Crippen LogP contribution is -2.54. The first-order valence-electron chi connectivity index (χ1n) is 11.0. The molecule has 3 atom stereocenters. The quantitative estimate of drug-likeness (QED) is 0.618. The van der Waals surface area contributed by atoms with Crippen molar-refractivity contribution < 1.29 is 24.2 Å². The number of imide groups is 1. The van der Waals surface area contributed by atoms with Gasteiger partial charge in [0.2, 0.25) is 0 Å². The molecule has 31 heavy (non-hydrogen) atoms. The van der Waals surface area contributed by atoms with Gasteiger partial charge < -0.3 is 20.0 Å². The molecule has 170 valence electrons. The minimum absolute atomic E-state index is 0.0290. The van der Waals surface area contributed by atoms with Crippen LogP contribution in [-0.4, -0.2) is 52.5 Å². The number of carbonyl (C=O) groups is 3. The Morgan fingerprint density at radius 1 is 1.26 bits per heavy atom. The largest absolute Gasteiger partial charge is 0.491 e. The fraction of sp³-hybridized carbons (Fsp3) is 0.625. The number of nitrogens with one attached hydrogen (secondary N) is 1. The molecule has 0 radical (unpaired) electrons. The minimum atomic E-state index is -0.990. The lowest BCUT2D eigenvalue weighted by Gasteiger charge is -2.43. The smallest absolute Gasteiger partial charge is 0.325 e. The highest BCUT2D eigenvalue weighted by atomic mass is 16.5. The molecule has 1 saturated heterocycles. The van der Waals surface area contributed by atoms with Crippen LogP contribution in [0.2, 0.25) is 0 Å². The van der Waals surface area contributed by atoms with E-state index < -0.39 is 17.7 Å². The molecular weight excluding hydrogens is 396 g/mol. The van der Waals surface area contributed by atoms with Crippen LogP contribution in [0.3, 0.4) is 0 Å². The number of carbonyl (C=O) groups excluding carboxylic acids is 3. The Kier molecular flexibility index (Phi) is 6.74. The molecule has 1 aliphatic heterocycles. The summed E-state index contributed by atoms with van der Waals surface area (Å²) in [6, 6.07) is 6.91. The van der Waals surface area contributed by atoms with E-state index in [0.717, 1.165) is 16.9 Å². The van der Waals surface area contributed by atoms with Crippen molar-refractivity contribution in [2.45, 2.75) is 71.4 Å². The third-order valence-corrected chi connectivity index (χ3v) is 6.15. The predicted octanol–water partition coefficient (Wildman–Crippen LogP) is 3.08. The number of nitrogens with zero attached hydrogens (tertiary/aromatic N) is 1.